The van der Waals surface area contributed by atoms with Crippen LogP contribution in [0.4, 0.5) is 5.82 Å². The van der Waals surface area contributed by atoms with Crippen molar-refractivity contribution in [2.45, 2.75) is 25.4 Å². The Kier molecular flexibility index (Phi) is 2.99. The van der Waals surface area contributed by atoms with Crippen LogP contribution in [0.1, 0.15) is 18.4 Å². The molecule has 7 heteroatoms. The molecule has 0 saturated carbocycles. The van der Waals surface area contributed by atoms with Gasteiger partial charge in [0.2, 0.25) is 11.8 Å². The van der Waals surface area contributed by atoms with Crippen molar-refractivity contribution >= 4 is 17.6 Å². The van der Waals surface area contributed by atoms with Gasteiger partial charge in [0.05, 0.1) is 6.20 Å². The fourth-order valence-electron chi connectivity index (χ4n) is 1.74. The lowest BCUT2D eigenvalue weighted by Gasteiger charge is -2.10. The number of aryl methyl sites for hydroxylation is 1. The number of carbonyl (C=O) groups excluding carboxylic acids is 2. The molecular formula is C10H15N5O2. The van der Waals surface area contributed by atoms with Gasteiger partial charge >= 0.3 is 0 Å². The van der Waals surface area contributed by atoms with Gasteiger partial charge < -0.3 is 16.4 Å². The van der Waals surface area contributed by atoms with Crippen LogP contribution in [0.2, 0.25) is 0 Å². The quantitative estimate of drug-likeness (QED) is 0.620. The summed E-state index contributed by atoms with van der Waals surface area (Å²) in [5, 5.41) is 9.31. The molecule has 2 amide bonds. The Morgan fingerprint density at radius 2 is 2.53 bits per heavy atom. The van der Waals surface area contributed by atoms with Gasteiger partial charge in [-0.2, -0.15) is 5.10 Å². The molecule has 1 atom stereocenters. The topological polar surface area (TPSA) is 102 Å². The highest BCUT2D eigenvalue weighted by atomic mass is 16.2. The first-order valence-corrected chi connectivity index (χ1v) is 5.41. The third-order valence-corrected chi connectivity index (χ3v) is 2.83. The SMILES string of the molecule is Cn1ncc(CNC(=O)C2CCC(=O)N2)c1N. The van der Waals surface area contributed by atoms with Crippen molar-refractivity contribution in [2.24, 2.45) is 7.05 Å². The Hall–Kier alpha value is -2.05. The molecular weight excluding hydrogens is 222 g/mol. The molecule has 17 heavy (non-hydrogen) atoms. The zero-order chi connectivity index (χ0) is 12.4. The van der Waals surface area contributed by atoms with E-state index >= 15 is 0 Å². The number of nitrogen functional groups attached to an aromatic ring is 1. The van der Waals surface area contributed by atoms with E-state index in [9.17, 15) is 9.59 Å². The summed E-state index contributed by atoms with van der Waals surface area (Å²) in [6, 6.07) is -0.416. The third kappa shape index (κ3) is 2.38. The number of hydrogen-bond acceptors (Lipinski definition) is 4. The molecule has 7 nitrogen and oxygen atoms in total. The molecule has 2 rings (SSSR count). The summed E-state index contributed by atoms with van der Waals surface area (Å²) in [4.78, 5) is 22.7. The molecule has 0 bridgehead atoms. The Balaban J connectivity index is 1.88. The second-order valence-electron chi connectivity index (χ2n) is 4.06. The summed E-state index contributed by atoms with van der Waals surface area (Å²) in [5.41, 5.74) is 6.51. The standard InChI is InChI=1S/C10H15N5O2/c1-15-9(11)6(5-13-15)4-12-10(17)7-2-3-8(16)14-7/h5,7H,2-4,11H2,1H3,(H,12,17)(H,14,16). The second kappa shape index (κ2) is 4.44. The van der Waals surface area contributed by atoms with Crippen LogP contribution in [-0.4, -0.2) is 27.6 Å². The summed E-state index contributed by atoms with van der Waals surface area (Å²) in [6.07, 6.45) is 2.57. The lowest BCUT2D eigenvalue weighted by molar-refractivity contribution is -0.125. The second-order valence-corrected chi connectivity index (χ2v) is 4.06. The minimum absolute atomic E-state index is 0.0777. The highest BCUT2D eigenvalue weighted by Gasteiger charge is 2.26. The molecule has 1 aliphatic heterocycles. The van der Waals surface area contributed by atoms with Crippen LogP contribution in [0.5, 0.6) is 0 Å². The predicted molar refractivity (Wildman–Crippen MR) is 60.6 cm³/mol. The molecule has 1 aromatic rings. The number of aromatic nitrogens is 2. The Morgan fingerprint density at radius 3 is 3.06 bits per heavy atom. The van der Waals surface area contributed by atoms with Crippen molar-refractivity contribution in [3.63, 3.8) is 0 Å². The van der Waals surface area contributed by atoms with E-state index in [0.29, 0.717) is 25.2 Å². The summed E-state index contributed by atoms with van der Waals surface area (Å²) in [6.45, 7) is 0.324. The van der Waals surface area contributed by atoms with E-state index in [1.807, 2.05) is 0 Å². The molecule has 1 aromatic heterocycles. The van der Waals surface area contributed by atoms with Crippen molar-refractivity contribution in [1.29, 1.82) is 0 Å². The number of hydrogen-bond donors (Lipinski definition) is 3. The maximum absolute atomic E-state index is 11.7. The Bertz CT molecular complexity index is 454. The first-order chi connectivity index (χ1) is 8.08. The van der Waals surface area contributed by atoms with E-state index in [-0.39, 0.29) is 11.8 Å². The number of nitrogens with two attached hydrogens (primary N) is 1. The largest absolute Gasteiger partial charge is 0.384 e. The molecule has 2 heterocycles. The fourth-order valence-corrected chi connectivity index (χ4v) is 1.74. The normalized spacial score (nSPS) is 19.1. The van der Waals surface area contributed by atoms with Crippen LogP contribution in [0, 0.1) is 0 Å². The third-order valence-electron chi connectivity index (χ3n) is 2.83. The summed E-state index contributed by atoms with van der Waals surface area (Å²) >= 11 is 0. The van der Waals surface area contributed by atoms with Gasteiger partial charge in [-0.3, -0.25) is 14.3 Å². The number of anilines is 1. The van der Waals surface area contributed by atoms with E-state index in [4.69, 9.17) is 5.73 Å². The zero-order valence-corrected chi connectivity index (χ0v) is 9.56. The smallest absolute Gasteiger partial charge is 0.242 e. The highest BCUT2D eigenvalue weighted by molar-refractivity contribution is 5.90. The zero-order valence-electron chi connectivity index (χ0n) is 9.56. The highest BCUT2D eigenvalue weighted by Crippen LogP contribution is 2.10. The van der Waals surface area contributed by atoms with Gasteiger partial charge in [-0.05, 0) is 6.42 Å². The molecule has 1 unspecified atom stereocenters. The molecule has 0 spiro atoms. The lowest BCUT2D eigenvalue weighted by Crippen LogP contribution is -2.41. The summed E-state index contributed by atoms with van der Waals surface area (Å²) in [5.74, 6) is 0.269. The maximum atomic E-state index is 11.7. The van der Waals surface area contributed by atoms with Crippen LogP contribution in [-0.2, 0) is 23.2 Å². The molecule has 1 aliphatic rings. The minimum Gasteiger partial charge on any atom is -0.384 e. The van der Waals surface area contributed by atoms with Gasteiger partial charge in [-0.25, -0.2) is 0 Å². The average Bonchev–Trinajstić information content (AvgIpc) is 2.86. The van der Waals surface area contributed by atoms with Crippen LogP contribution in [0.15, 0.2) is 6.20 Å². The molecule has 1 fully saturated rings. The van der Waals surface area contributed by atoms with E-state index in [1.54, 1.807) is 17.9 Å². The van der Waals surface area contributed by atoms with Gasteiger partial charge in [0.25, 0.3) is 0 Å². The van der Waals surface area contributed by atoms with Crippen molar-refractivity contribution in [2.75, 3.05) is 5.73 Å². The predicted octanol–water partition coefficient (Wildman–Crippen LogP) is -1.10. The number of nitrogens with one attached hydrogen (secondary N) is 2. The molecule has 0 aliphatic carbocycles. The molecule has 0 radical (unpaired) electrons. The number of nitrogens with zero attached hydrogens (tertiary/aromatic N) is 2. The maximum Gasteiger partial charge on any atom is 0.242 e. The number of amides is 2. The van der Waals surface area contributed by atoms with E-state index < -0.39 is 6.04 Å². The first kappa shape index (κ1) is 11.4. The summed E-state index contributed by atoms with van der Waals surface area (Å²) in [7, 11) is 1.73. The van der Waals surface area contributed by atoms with E-state index in [1.165, 1.54) is 0 Å². The molecule has 1 saturated heterocycles. The first-order valence-electron chi connectivity index (χ1n) is 5.41. The fraction of sp³-hybridized carbons (Fsp3) is 0.500. The van der Waals surface area contributed by atoms with Crippen molar-refractivity contribution < 1.29 is 9.59 Å². The number of rotatable bonds is 3. The van der Waals surface area contributed by atoms with E-state index in [0.717, 1.165) is 5.56 Å². The lowest BCUT2D eigenvalue weighted by atomic mass is 10.2. The van der Waals surface area contributed by atoms with Crippen molar-refractivity contribution in [3.8, 4) is 0 Å². The van der Waals surface area contributed by atoms with Crippen LogP contribution >= 0.6 is 0 Å². The number of carbonyl (C=O) groups is 2. The average molecular weight is 237 g/mol. The molecule has 4 N–H and O–H groups in total. The van der Waals surface area contributed by atoms with Gasteiger partial charge in [-0.1, -0.05) is 0 Å². The van der Waals surface area contributed by atoms with Gasteiger partial charge in [0.15, 0.2) is 0 Å². The van der Waals surface area contributed by atoms with Gasteiger partial charge in [-0.15, -0.1) is 0 Å². The molecule has 92 valence electrons. The van der Waals surface area contributed by atoms with Gasteiger partial charge in [0, 0.05) is 25.6 Å². The Labute approximate surface area is 98.4 Å². The van der Waals surface area contributed by atoms with Crippen molar-refractivity contribution in [1.82, 2.24) is 20.4 Å². The van der Waals surface area contributed by atoms with Crippen molar-refractivity contribution in [3.05, 3.63) is 11.8 Å². The minimum atomic E-state index is -0.416. The van der Waals surface area contributed by atoms with Crippen LogP contribution in [0.3, 0.4) is 0 Å². The summed E-state index contributed by atoms with van der Waals surface area (Å²) < 4.78 is 1.54. The Morgan fingerprint density at radius 1 is 1.76 bits per heavy atom. The monoisotopic (exact) mass is 237 g/mol. The van der Waals surface area contributed by atoms with E-state index in [2.05, 4.69) is 15.7 Å². The van der Waals surface area contributed by atoms with Crippen LogP contribution < -0.4 is 16.4 Å². The van der Waals surface area contributed by atoms with Crippen LogP contribution in [0.25, 0.3) is 0 Å². The van der Waals surface area contributed by atoms with Gasteiger partial charge in [0.1, 0.15) is 11.9 Å². The molecule has 0 aromatic carbocycles.